The number of ether oxygens (including phenoxy) is 3. The van der Waals surface area contributed by atoms with Crippen LogP contribution < -0.4 is 25.3 Å². The van der Waals surface area contributed by atoms with Gasteiger partial charge in [0.2, 0.25) is 11.9 Å². The van der Waals surface area contributed by atoms with Crippen LogP contribution >= 0.6 is 0 Å². The van der Waals surface area contributed by atoms with E-state index in [9.17, 15) is 14.7 Å². The summed E-state index contributed by atoms with van der Waals surface area (Å²) >= 11 is 0. The van der Waals surface area contributed by atoms with E-state index in [0.717, 1.165) is 31.5 Å². The molecule has 1 aromatic heterocycles. The topological polar surface area (TPSA) is 142 Å². The van der Waals surface area contributed by atoms with Crippen molar-refractivity contribution in [2.75, 3.05) is 61.7 Å². The number of hydrogen-bond donors (Lipinski definition) is 3. The maximum atomic E-state index is 13.1. The molecular formula is C29H39N7O6. The summed E-state index contributed by atoms with van der Waals surface area (Å²) in [5.74, 6) is 0.693. The molecule has 42 heavy (non-hydrogen) atoms. The number of carbonyl (C=O) groups is 2. The van der Waals surface area contributed by atoms with Gasteiger partial charge in [-0.1, -0.05) is 12.8 Å². The number of nitrogens with zero attached hydrogens (tertiary/aromatic N) is 5. The molecule has 1 saturated carbocycles. The lowest BCUT2D eigenvalue weighted by molar-refractivity contribution is -0.187. The fourth-order valence-corrected chi connectivity index (χ4v) is 6.34. The van der Waals surface area contributed by atoms with Crippen LogP contribution in [0.5, 0.6) is 5.75 Å². The van der Waals surface area contributed by atoms with Crippen LogP contribution in [-0.4, -0.2) is 96.3 Å². The average molecular weight is 582 g/mol. The molecule has 0 bridgehead atoms. The van der Waals surface area contributed by atoms with Gasteiger partial charge in [-0.05, 0) is 38.0 Å². The van der Waals surface area contributed by atoms with Crippen molar-refractivity contribution < 1.29 is 28.9 Å². The molecule has 2 saturated heterocycles. The highest BCUT2D eigenvalue weighted by Crippen LogP contribution is 2.39. The third-order valence-corrected chi connectivity index (χ3v) is 8.62. The molecule has 1 aliphatic carbocycles. The van der Waals surface area contributed by atoms with Gasteiger partial charge in [0.25, 0.3) is 5.91 Å². The van der Waals surface area contributed by atoms with Gasteiger partial charge >= 0.3 is 0 Å². The quantitative estimate of drug-likeness (QED) is 0.422. The number of nitrogens with one attached hydrogen (secondary N) is 2. The van der Waals surface area contributed by atoms with Crippen molar-refractivity contribution >= 4 is 35.0 Å². The lowest BCUT2D eigenvalue weighted by Crippen LogP contribution is -2.54. The second-order valence-corrected chi connectivity index (χ2v) is 11.3. The van der Waals surface area contributed by atoms with Gasteiger partial charge in [-0.2, -0.15) is 4.98 Å². The normalized spacial score (nSPS) is 22.5. The van der Waals surface area contributed by atoms with Crippen LogP contribution in [0.2, 0.25) is 0 Å². The summed E-state index contributed by atoms with van der Waals surface area (Å²) < 4.78 is 17.4. The van der Waals surface area contributed by atoms with E-state index in [1.165, 1.54) is 0 Å². The highest BCUT2D eigenvalue weighted by atomic mass is 16.7. The Hall–Kier alpha value is -3.52. The Bertz CT molecular complexity index is 1300. The lowest BCUT2D eigenvalue weighted by atomic mass is 10.1. The molecule has 1 atom stereocenters. The molecule has 4 heterocycles. The smallest absolute Gasteiger partial charge is 0.265 e. The minimum Gasteiger partial charge on any atom is -0.489 e. The van der Waals surface area contributed by atoms with Crippen LogP contribution in [0.1, 0.15) is 55.8 Å². The monoisotopic (exact) mass is 581 g/mol. The second kappa shape index (κ2) is 12.0. The van der Waals surface area contributed by atoms with E-state index in [2.05, 4.69) is 20.6 Å². The second-order valence-electron chi connectivity index (χ2n) is 11.3. The van der Waals surface area contributed by atoms with Crippen molar-refractivity contribution in [2.45, 2.75) is 63.3 Å². The van der Waals surface area contributed by atoms with E-state index in [4.69, 9.17) is 19.2 Å². The fraction of sp³-hybridized carbons (Fsp3) is 0.586. The van der Waals surface area contributed by atoms with Gasteiger partial charge in [-0.15, -0.1) is 0 Å². The van der Waals surface area contributed by atoms with Gasteiger partial charge in [-0.3, -0.25) is 15.0 Å². The SMILES string of the molecule is C[C@@H]1C(=O)N(C)c2cnc(Nc3ccc(C(=O)NN4CCC5(CC4)OCCO5)cc3OCCO)nc2N1C1CCCC1. The van der Waals surface area contributed by atoms with Gasteiger partial charge < -0.3 is 34.4 Å². The first-order chi connectivity index (χ1) is 20.4. The first-order valence-corrected chi connectivity index (χ1v) is 14.8. The molecular weight excluding hydrogens is 542 g/mol. The van der Waals surface area contributed by atoms with Gasteiger partial charge in [0.15, 0.2) is 11.6 Å². The number of rotatable bonds is 8. The van der Waals surface area contributed by atoms with Crippen LogP contribution in [0.3, 0.4) is 0 Å². The zero-order chi connectivity index (χ0) is 29.3. The maximum absolute atomic E-state index is 13.1. The highest BCUT2D eigenvalue weighted by Gasteiger charge is 2.41. The number of hydrazine groups is 1. The van der Waals surface area contributed by atoms with Crippen molar-refractivity contribution in [1.29, 1.82) is 0 Å². The molecule has 13 heteroatoms. The standard InChI is InChI=1S/C29H39N7O6/c1-19-27(39)34(2)23-18-30-28(32-25(23)36(19)21-5-3-4-6-21)31-22-8-7-20(17-24(22)40-14-13-37)26(38)33-35-11-9-29(10-12-35)41-15-16-42-29/h7-8,17-19,21,37H,3-6,9-16H2,1-2H3,(H,33,38)(H,30,31,32)/t19-/m1/s1. The minimum absolute atomic E-state index is 0.0246. The average Bonchev–Trinajstić information content (AvgIpc) is 3.70. The zero-order valence-corrected chi connectivity index (χ0v) is 24.2. The number of amides is 2. The number of hydrogen-bond acceptors (Lipinski definition) is 11. The summed E-state index contributed by atoms with van der Waals surface area (Å²) in [7, 11) is 1.75. The Morgan fingerprint density at radius 1 is 1.19 bits per heavy atom. The van der Waals surface area contributed by atoms with E-state index in [-0.39, 0.29) is 37.1 Å². The van der Waals surface area contributed by atoms with E-state index in [1.807, 2.05) is 11.9 Å². The minimum atomic E-state index is -0.518. The van der Waals surface area contributed by atoms with Gasteiger partial charge in [0.1, 0.15) is 24.1 Å². The molecule has 1 aromatic carbocycles. The van der Waals surface area contributed by atoms with Crippen LogP contribution in [0, 0.1) is 0 Å². The molecule has 2 aromatic rings. The number of anilines is 4. The Kier molecular flexibility index (Phi) is 8.17. The van der Waals surface area contributed by atoms with Crippen LogP contribution in [-0.2, 0) is 14.3 Å². The Morgan fingerprint density at radius 3 is 2.64 bits per heavy atom. The molecule has 226 valence electrons. The third kappa shape index (κ3) is 5.61. The number of fused-ring (bicyclic) bond motifs is 1. The molecule has 0 radical (unpaired) electrons. The Morgan fingerprint density at radius 2 is 1.93 bits per heavy atom. The highest BCUT2D eigenvalue weighted by molar-refractivity contribution is 6.04. The molecule has 4 aliphatic rings. The van der Waals surface area contributed by atoms with Crippen molar-refractivity contribution in [1.82, 2.24) is 20.4 Å². The Balaban J connectivity index is 1.20. The number of piperidine rings is 1. The van der Waals surface area contributed by atoms with Crippen LogP contribution in [0.15, 0.2) is 24.4 Å². The summed E-state index contributed by atoms with van der Waals surface area (Å²) in [6, 6.07) is 5.01. The van der Waals surface area contributed by atoms with Crippen LogP contribution in [0.4, 0.5) is 23.1 Å². The molecule has 3 aliphatic heterocycles. The van der Waals surface area contributed by atoms with Crippen molar-refractivity contribution in [3.05, 3.63) is 30.0 Å². The number of aliphatic hydroxyl groups excluding tert-OH is 1. The molecule has 2 amide bonds. The lowest BCUT2D eigenvalue weighted by Gasteiger charge is -2.42. The van der Waals surface area contributed by atoms with Gasteiger partial charge in [0.05, 0.1) is 31.7 Å². The molecule has 1 spiro atoms. The molecule has 13 nitrogen and oxygen atoms in total. The fourth-order valence-electron chi connectivity index (χ4n) is 6.34. The predicted octanol–water partition coefficient (Wildman–Crippen LogP) is 2.19. The number of aromatic nitrogens is 2. The van der Waals surface area contributed by atoms with Crippen molar-refractivity contribution in [2.24, 2.45) is 0 Å². The molecule has 6 rings (SSSR count). The number of aliphatic hydroxyl groups is 1. The van der Waals surface area contributed by atoms with Crippen molar-refractivity contribution in [3.63, 3.8) is 0 Å². The summed E-state index contributed by atoms with van der Waals surface area (Å²) in [5, 5.41) is 14.5. The van der Waals surface area contributed by atoms with Crippen LogP contribution in [0.25, 0.3) is 0 Å². The van der Waals surface area contributed by atoms with Crippen molar-refractivity contribution in [3.8, 4) is 5.75 Å². The first-order valence-electron chi connectivity index (χ1n) is 14.8. The maximum Gasteiger partial charge on any atom is 0.265 e. The van der Waals surface area contributed by atoms with Gasteiger partial charge in [-0.25, -0.2) is 9.99 Å². The number of benzene rings is 1. The van der Waals surface area contributed by atoms with E-state index >= 15 is 0 Å². The zero-order valence-electron chi connectivity index (χ0n) is 24.2. The molecule has 3 fully saturated rings. The summed E-state index contributed by atoms with van der Waals surface area (Å²) in [6.45, 7) is 4.25. The summed E-state index contributed by atoms with van der Waals surface area (Å²) in [4.78, 5) is 39.2. The van der Waals surface area contributed by atoms with E-state index in [1.54, 1.807) is 36.3 Å². The summed E-state index contributed by atoms with van der Waals surface area (Å²) in [6.07, 6.45) is 7.35. The third-order valence-electron chi connectivity index (χ3n) is 8.62. The first kappa shape index (κ1) is 28.6. The molecule has 0 unspecified atom stereocenters. The van der Waals surface area contributed by atoms with E-state index in [0.29, 0.717) is 67.8 Å². The Labute approximate surface area is 245 Å². The predicted molar refractivity (Wildman–Crippen MR) is 155 cm³/mol. The number of likely N-dealkylation sites (N-methyl/N-ethyl adjacent to an activating group) is 1. The number of carbonyl (C=O) groups excluding carboxylic acids is 2. The summed E-state index contributed by atoms with van der Waals surface area (Å²) in [5.41, 5.74) is 4.61. The van der Waals surface area contributed by atoms with E-state index < -0.39 is 5.79 Å². The molecule has 3 N–H and O–H groups in total. The van der Waals surface area contributed by atoms with Gasteiger partial charge in [0, 0.05) is 44.6 Å². The largest absolute Gasteiger partial charge is 0.489 e.